The predicted molar refractivity (Wildman–Crippen MR) is 134 cm³/mol. The Bertz CT molecular complexity index is 956. The summed E-state index contributed by atoms with van der Waals surface area (Å²) in [4.78, 5) is 0. The summed E-state index contributed by atoms with van der Waals surface area (Å²) in [6.07, 6.45) is -2.25. The lowest BCUT2D eigenvalue weighted by Crippen LogP contribution is -2.58. The molecule has 0 aromatic heterocycles. The smallest absolute Gasteiger partial charge is 0.161 e. The van der Waals surface area contributed by atoms with Gasteiger partial charge in [0.1, 0.15) is 12.2 Å². The van der Waals surface area contributed by atoms with Crippen molar-refractivity contribution in [3.05, 3.63) is 108 Å². The standard InChI is InChI=1S/C28H31BrO5/c29-16-24-26(32-18-22-12-6-2-7-13-22)27(33-19-23-14-8-3-9-15-23)25(34-28(24)30)20-31-17-21-10-4-1-5-11-21/h1-15,24-28,30H,16-20H2/t24-,25-,26-,27-,28?/m1/s1. The summed E-state index contributed by atoms with van der Waals surface area (Å²) in [6.45, 7) is 1.58. The number of ether oxygens (including phenoxy) is 4. The number of halogens is 1. The summed E-state index contributed by atoms with van der Waals surface area (Å²) in [6, 6.07) is 30.0. The fraction of sp³-hybridized carbons (Fsp3) is 0.357. The molecule has 1 fully saturated rings. The topological polar surface area (TPSA) is 57.2 Å². The Balaban J connectivity index is 1.49. The van der Waals surface area contributed by atoms with Gasteiger partial charge in [-0.2, -0.15) is 0 Å². The Morgan fingerprint density at radius 2 is 1.15 bits per heavy atom. The van der Waals surface area contributed by atoms with Crippen molar-refractivity contribution in [2.45, 2.75) is 44.4 Å². The molecule has 0 amide bonds. The lowest BCUT2D eigenvalue weighted by Gasteiger charge is -2.44. The van der Waals surface area contributed by atoms with Crippen LogP contribution in [0.1, 0.15) is 16.7 Å². The van der Waals surface area contributed by atoms with Gasteiger partial charge in [0, 0.05) is 11.2 Å². The maximum absolute atomic E-state index is 10.8. The quantitative estimate of drug-likeness (QED) is 0.352. The average Bonchev–Trinajstić information content (AvgIpc) is 2.88. The van der Waals surface area contributed by atoms with Crippen LogP contribution in [0.5, 0.6) is 0 Å². The van der Waals surface area contributed by atoms with E-state index < -0.39 is 18.5 Å². The van der Waals surface area contributed by atoms with Crippen LogP contribution in [0.15, 0.2) is 91.0 Å². The van der Waals surface area contributed by atoms with E-state index in [4.69, 9.17) is 18.9 Å². The normalized spacial score (nSPS) is 24.7. The summed E-state index contributed by atoms with van der Waals surface area (Å²) in [5.74, 6) is -0.283. The fourth-order valence-corrected chi connectivity index (χ4v) is 4.78. The van der Waals surface area contributed by atoms with Crippen molar-refractivity contribution in [3.8, 4) is 0 Å². The molecule has 6 heteroatoms. The van der Waals surface area contributed by atoms with Crippen molar-refractivity contribution in [2.24, 2.45) is 5.92 Å². The van der Waals surface area contributed by atoms with E-state index in [0.29, 0.717) is 25.2 Å². The fourth-order valence-electron chi connectivity index (χ4n) is 4.09. The molecule has 5 atom stereocenters. The van der Waals surface area contributed by atoms with E-state index in [1.165, 1.54) is 0 Å². The number of hydrogen-bond acceptors (Lipinski definition) is 5. The Hall–Kier alpha value is -2.06. The predicted octanol–water partition coefficient (Wildman–Crippen LogP) is 5.10. The third-order valence-corrected chi connectivity index (χ3v) is 6.68. The molecule has 0 aliphatic carbocycles. The Kier molecular flexibility index (Phi) is 9.68. The largest absolute Gasteiger partial charge is 0.374 e. The van der Waals surface area contributed by atoms with Crippen molar-refractivity contribution in [1.82, 2.24) is 0 Å². The zero-order valence-corrected chi connectivity index (χ0v) is 20.6. The van der Waals surface area contributed by atoms with Crippen LogP contribution in [-0.4, -0.2) is 41.6 Å². The van der Waals surface area contributed by atoms with Gasteiger partial charge in [0.25, 0.3) is 0 Å². The zero-order chi connectivity index (χ0) is 23.6. The van der Waals surface area contributed by atoms with Gasteiger partial charge < -0.3 is 24.1 Å². The second kappa shape index (κ2) is 13.1. The molecule has 3 aromatic rings. The SMILES string of the molecule is OC1O[C@H](COCc2ccccc2)[C@@H](OCc2ccccc2)[C@H](OCc2ccccc2)[C@H]1CBr. The number of rotatable bonds is 11. The van der Waals surface area contributed by atoms with E-state index in [1.807, 2.05) is 91.0 Å². The lowest BCUT2D eigenvalue weighted by molar-refractivity contribution is -0.288. The molecule has 1 heterocycles. The van der Waals surface area contributed by atoms with Crippen LogP contribution in [0.25, 0.3) is 0 Å². The molecule has 0 radical (unpaired) electrons. The highest BCUT2D eigenvalue weighted by Crippen LogP contribution is 2.32. The van der Waals surface area contributed by atoms with Crippen LogP contribution in [0.2, 0.25) is 0 Å². The molecule has 0 bridgehead atoms. The van der Waals surface area contributed by atoms with Gasteiger partial charge in [-0.15, -0.1) is 0 Å². The van der Waals surface area contributed by atoms with Gasteiger partial charge in [-0.3, -0.25) is 0 Å². The van der Waals surface area contributed by atoms with Crippen LogP contribution >= 0.6 is 15.9 Å². The molecule has 1 aliphatic rings. The van der Waals surface area contributed by atoms with Crippen molar-refractivity contribution in [1.29, 1.82) is 0 Å². The minimum Gasteiger partial charge on any atom is -0.374 e. The van der Waals surface area contributed by atoms with Crippen LogP contribution in [0.4, 0.5) is 0 Å². The molecule has 34 heavy (non-hydrogen) atoms. The molecule has 0 spiro atoms. The van der Waals surface area contributed by atoms with Gasteiger partial charge in [0.05, 0.1) is 32.5 Å². The maximum Gasteiger partial charge on any atom is 0.161 e. The van der Waals surface area contributed by atoms with E-state index >= 15 is 0 Å². The van der Waals surface area contributed by atoms with Gasteiger partial charge in [-0.05, 0) is 16.7 Å². The maximum atomic E-state index is 10.8. The van der Waals surface area contributed by atoms with E-state index in [0.717, 1.165) is 16.7 Å². The van der Waals surface area contributed by atoms with Crippen LogP contribution in [0.3, 0.4) is 0 Å². The minimum absolute atomic E-state index is 0.283. The van der Waals surface area contributed by atoms with Crippen molar-refractivity contribution in [2.75, 3.05) is 11.9 Å². The van der Waals surface area contributed by atoms with Crippen molar-refractivity contribution in [3.63, 3.8) is 0 Å². The van der Waals surface area contributed by atoms with E-state index in [2.05, 4.69) is 15.9 Å². The zero-order valence-electron chi connectivity index (χ0n) is 19.0. The molecule has 180 valence electrons. The molecule has 0 saturated carbocycles. The summed E-state index contributed by atoms with van der Waals surface area (Å²) in [5, 5.41) is 11.3. The number of alkyl halides is 1. The van der Waals surface area contributed by atoms with Crippen molar-refractivity contribution >= 4 is 15.9 Å². The molecule has 1 aliphatic heterocycles. The molecule has 4 rings (SSSR count). The highest BCUT2D eigenvalue weighted by Gasteiger charge is 2.46. The average molecular weight is 527 g/mol. The molecule has 3 aromatic carbocycles. The first-order valence-electron chi connectivity index (χ1n) is 11.6. The monoisotopic (exact) mass is 526 g/mol. The van der Waals surface area contributed by atoms with Crippen molar-refractivity contribution < 1.29 is 24.1 Å². The van der Waals surface area contributed by atoms with Gasteiger partial charge in [-0.25, -0.2) is 0 Å². The van der Waals surface area contributed by atoms with Crippen LogP contribution in [0, 0.1) is 5.92 Å². The highest BCUT2D eigenvalue weighted by atomic mass is 79.9. The molecular weight excluding hydrogens is 496 g/mol. The Morgan fingerprint density at radius 3 is 1.65 bits per heavy atom. The second-order valence-electron chi connectivity index (χ2n) is 8.41. The lowest BCUT2D eigenvalue weighted by atomic mass is 9.92. The van der Waals surface area contributed by atoms with Gasteiger partial charge >= 0.3 is 0 Å². The first-order chi connectivity index (χ1) is 16.7. The third-order valence-electron chi connectivity index (χ3n) is 5.94. The molecule has 1 N–H and O–H groups in total. The first-order valence-corrected chi connectivity index (χ1v) is 12.7. The van der Waals surface area contributed by atoms with Crippen LogP contribution < -0.4 is 0 Å². The molecule has 5 nitrogen and oxygen atoms in total. The van der Waals surface area contributed by atoms with E-state index in [-0.39, 0.29) is 18.6 Å². The number of benzene rings is 3. The summed E-state index contributed by atoms with van der Waals surface area (Å²) < 4.78 is 24.8. The third kappa shape index (κ3) is 6.98. The van der Waals surface area contributed by atoms with E-state index in [1.54, 1.807) is 0 Å². The number of aliphatic hydroxyl groups excluding tert-OH is 1. The van der Waals surface area contributed by atoms with Gasteiger partial charge in [0.2, 0.25) is 0 Å². The number of aliphatic hydroxyl groups is 1. The van der Waals surface area contributed by atoms with Crippen LogP contribution in [-0.2, 0) is 38.8 Å². The van der Waals surface area contributed by atoms with E-state index in [9.17, 15) is 5.11 Å². The minimum atomic E-state index is -0.984. The molecule has 1 saturated heterocycles. The highest BCUT2D eigenvalue weighted by molar-refractivity contribution is 9.09. The van der Waals surface area contributed by atoms with Gasteiger partial charge in [0.15, 0.2) is 6.29 Å². The second-order valence-corrected chi connectivity index (χ2v) is 9.05. The summed E-state index contributed by atoms with van der Waals surface area (Å²) >= 11 is 3.54. The Labute approximate surface area is 209 Å². The Morgan fingerprint density at radius 1 is 0.676 bits per heavy atom. The van der Waals surface area contributed by atoms with Gasteiger partial charge in [-0.1, -0.05) is 107 Å². The first kappa shape index (κ1) is 25.0. The summed E-state index contributed by atoms with van der Waals surface area (Å²) in [5.41, 5.74) is 3.21. The summed E-state index contributed by atoms with van der Waals surface area (Å²) in [7, 11) is 0. The molecular formula is C28H31BrO5. The molecule has 1 unspecified atom stereocenters. The number of hydrogen-bond donors (Lipinski definition) is 1.